The van der Waals surface area contributed by atoms with Crippen LogP contribution >= 0.6 is 11.6 Å². The van der Waals surface area contributed by atoms with Gasteiger partial charge in [-0.15, -0.1) is 0 Å². The molecule has 1 aliphatic carbocycles. The van der Waals surface area contributed by atoms with E-state index in [1.807, 2.05) is 4.68 Å². The summed E-state index contributed by atoms with van der Waals surface area (Å²) in [4.78, 5) is 0. The average molecular weight is 286 g/mol. The number of halogens is 1. The van der Waals surface area contributed by atoms with E-state index in [9.17, 15) is 0 Å². The van der Waals surface area contributed by atoms with Gasteiger partial charge in [-0.1, -0.05) is 24.9 Å². The standard InChI is InChI=1S/C14H24ClN3O/c1-3-7-16-13(11-5-4-6-11)14-12(15)10-17-18(14)8-9-19-2/h10-11,13,16H,3-9H2,1-2H3. The van der Waals surface area contributed by atoms with Gasteiger partial charge in [-0.05, 0) is 31.7 Å². The highest BCUT2D eigenvalue weighted by molar-refractivity contribution is 6.31. The summed E-state index contributed by atoms with van der Waals surface area (Å²) in [7, 11) is 1.71. The van der Waals surface area contributed by atoms with Crippen molar-refractivity contribution in [2.24, 2.45) is 5.92 Å². The van der Waals surface area contributed by atoms with Gasteiger partial charge in [-0.3, -0.25) is 4.68 Å². The molecule has 4 nitrogen and oxygen atoms in total. The zero-order valence-electron chi connectivity index (χ0n) is 11.9. The lowest BCUT2D eigenvalue weighted by Gasteiger charge is -2.35. The Labute approximate surface area is 120 Å². The monoisotopic (exact) mass is 285 g/mol. The molecule has 1 fully saturated rings. The number of ether oxygens (including phenoxy) is 1. The maximum atomic E-state index is 6.36. The summed E-state index contributed by atoms with van der Waals surface area (Å²) in [6, 6.07) is 0.334. The zero-order valence-corrected chi connectivity index (χ0v) is 12.6. The zero-order chi connectivity index (χ0) is 13.7. The van der Waals surface area contributed by atoms with E-state index in [-0.39, 0.29) is 0 Å². The lowest BCUT2D eigenvalue weighted by atomic mass is 9.78. The van der Waals surface area contributed by atoms with Crippen LogP contribution in [0.4, 0.5) is 0 Å². The molecule has 0 spiro atoms. The molecule has 0 bridgehead atoms. The number of methoxy groups -OCH3 is 1. The number of nitrogens with one attached hydrogen (secondary N) is 1. The number of aromatic nitrogens is 2. The molecule has 5 heteroatoms. The van der Waals surface area contributed by atoms with Gasteiger partial charge in [-0.25, -0.2) is 0 Å². The van der Waals surface area contributed by atoms with E-state index in [0.29, 0.717) is 18.6 Å². The highest BCUT2D eigenvalue weighted by Crippen LogP contribution is 2.39. The molecule has 0 saturated heterocycles. The van der Waals surface area contributed by atoms with E-state index in [1.165, 1.54) is 19.3 Å². The van der Waals surface area contributed by atoms with E-state index < -0.39 is 0 Å². The minimum atomic E-state index is 0.334. The SMILES string of the molecule is CCCNC(c1c(Cl)cnn1CCOC)C1CCC1. The second kappa shape index (κ2) is 7.27. The van der Waals surface area contributed by atoms with Crippen LogP contribution in [0.2, 0.25) is 5.02 Å². The minimum absolute atomic E-state index is 0.334. The van der Waals surface area contributed by atoms with Gasteiger partial charge < -0.3 is 10.1 Å². The number of hydrogen-bond acceptors (Lipinski definition) is 3. The van der Waals surface area contributed by atoms with E-state index in [2.05, 4.69) is 17.3 Å². The van der Waals surface area contributed by atoms with Crippen LogP contribution in [0.25, 0.3) is 0 Å². The van der Waals surface area contributed by atoms with Gasteiger partial charge >= 0.3 is 0 Å². The molecule has 1 atom stereocenters. The molecule has 1 aromatic rings. The summed E-state index contributed by atoms with van der Waals surface area (Å²) in [5.74, 6) is 0.696. The summed E-state index contributed by atoms with van der Waals surface area (Å²) >= 11 is 6.36. The fourth-order valence-corrected chi connectivity index (χ4v) is 2.86. The Kier molecular flexibility index (Phi) is 5.67. The van der Waals surface area contributed by atoms with Crippen LogP contribution in [-0.2, 0) is 11.3 Å². The van der Waals surface area contributed by atoms with Gasteiger partial charge in [0, 0.05) is 7.11 Å². The molecule has 1 heterocycles. The van der Waals surface area contributed by atoms with Crippen molar-refractivity contribution >= 4 is 11.6 Å². The summed E-state index contributed by atoms with van der Waals surface area (Å²) in [5, 5.41) is 8.81. The van der Waals surface area contributed by atoms with Gasteiger partial charge in [0.1, 0.15) is 0 Å². The Hall–Kier alpha value is -0.580. The van der Waals surface area contributed by atoms with Crippen molar-refractivity contribution in [3.8, 4) is 0 Å². The van der Waals surface area contributed by atoms with Crippen molar-refractivity contribution in [3.05, 3.63) is 16.9 Å². The summed E-state index contributed by atoms with van der Waals surface area (Å²) in [5.41, 5.74) is 1.14. The van der Waals surface area contributed by atoms with Crippen molar-refractivity contribution in [1.29, 1.82) is 0 Å². The van der Waals surface area contributed by atoms with Crippen LogP contribution in [0, 0.1) is 5.92 Å². The lowest BCUT2D eigenvalue weighted by Crippen LogP contribution is -2.34. The van der Waals surface area contributed by atoms with Crippen molar-refractivity contribution in [1.82, 2.24) is 15.1 Å². The first kappa shape index (κ1) is 14.8. The Bertz CT molecular complexity index is 390. The maximum absolute atomic E-state index is 6.36. The number of rotatable bonds is 8. The predicted octanol–water partition coefficient (Wildman–Crippen LogP) is 3.02. The Morgan fingerprint density at radius 1 is 1.58 bits per heavy atom. The van der Waals surface area contributed by atoms with E-state index >= 15 is 0 Å². The third-order valence-corrected chi connectivity index (χ3v) is 4.16. The van der Waals surface area contributed by atoms with Crippen molar-refractivity contribution in [2.45, 2.75) is 45.2 Å². The molecule has 1 aliphatic rings. The molecule has 0 aromatic carbocycles. The number of nitrogens with zero attached hydrogens (tertiary/aromatic N) is 2. The van der Waals surface area contributed by atoms with Crippen molar-refractivity contribution in [2.75, 3.05) is 20.3 Å². The molecule has 0 radical (unpaired) electrons. The number of hydrogen-bond donors (Lipinski definition) is 1. The first-order chi connectivity index (χ1) is 9.27. The van der Waals surface area contributed by atoms with Gasteiger partial charge in [0.2, 0.25) is 0 Å². The second-order valence-electron chi connectivity index (χ2n) is 5.22. The van der Waals surface area contributed by atoms with Crippen LogP contribution < -0.4 is 5.32 Å². The largest absolute Gasteiger partial charge is 0.383 e. The minimum Gasteiger partial charge on any atom is -0.383 e. The fraction of sp³-hybridized carbons (Fsp3) is 0.786. The molecule has 1 aromatic heterocycles. The van der Waals surface area contributed by atoms with Crippen molar-refractivity contribution in [3.63, 3.8) is 0 Å². The average Bonchev–Trinajstić information content (AvgIpc) is 2.71. The summed E-state index contributed by atoms with van der Waals surface area (Å²) < 4.78 is 7.14. The van der Waals surface area contributed by atoms with E-state index in [1.54, 1.807) is 13.3 Å². The molecule has 0 amide bonds. The van der Waals surface area contributed by atoms with Crippen LogP contribution in [-0.4, -0.2) is 30.0 Å². The Balaban J connectivity index is 2.16. The van der Waals surface area contributed by atoms with Crippen LogP contribution in [0.1, 0.15) is 44.3 Å². The summed E-state index contributed by atoms with van der Waals surface area (Å²) in [6.07, 6.45) is 6.79. The first-order valence-corrected chi connectivity index (χ1v) is 7.59. The first-order valence-electron chi connectivity index (χ1n) is 7.21. The van der Waals surface area contributed by atoms with Crippen LogP contribution in [0.3, 0.4) is 0 Å². The molecule has 1 N–H and O–H groups in total. The second-order valence-corrected chi connectivity index (χ2v) is 5.62. The molecule has 2 rings (SSSR count). The maximum Gasteiger partial charge on any atom is 0.0834 e. The molecule has 1 saturated carbocycles. The van der Waals surface area contributed by atoms with E-state index in [4.69, 9.17) is 16.3 Å². The Morgan fingerprint density at radius 3 is 2.95 bits per heavy atom. The van der Waals surface area contributed by atoms with Gasteiger partial charge in [0.25, 0.3) is 0 Å². The highest BCUT2D eigenvalue weighted by atomic mass is 35.5. The van der Waals surface area contributed by atoms with Gasteiger partial charge in [-0.2, -0.15) is 5.10 Å². The van der Waals surface area contributed by atoms with Gasteiger partial charge in [0.05, 0.1) is 36.1 Å². The van der Waals surface area contributed by atoms with Crippen LogP contribution in [0.15, 0.2) is 6.20 Å². The Morgan fingerprint density at radius 2 is 2.37 bits per heavy atom. The molecule has 19 heavy (non-hydrogen) atoms. The third kappa shape index (κ3) is 3.50. The molecule has 1 unspecified atom stereocenters. The third-order valence-electron chi connectivity index (χ3n) is 3.87. The predicted molar refractivity (Wildman–Crippen MR) is 77.5 cm³/mol. The summed E-state index contributed by atoms with van der Waals surface area (Å²) in [6.45, 7) is 4.63. The quantitative estimate of drug-likeness (QED) is 0.798. The molecule has 108 valence electrons. The van der Waals surface area contributed by atoms with E-state index in [0.717, 1.165) is 30.2 Å². The lowest BCUT2D eigenvalue weighted by molar-refractivity contribution is 0.176. The van der Waals surface area contributed by atoms with Crippen molar-refractivity contribution < 1.29 is 4.74 Å². The van der Waals surface area contributed by atoms with Crippen LogP contribution in [0.5, 0.6) is 0 Å². The smallest absolute Gasteiger partial charge is 0.0834 e. The fourth-order valence-electron chi connectivity index (χ4n) is 2.60. The highest BCUT2D eigenvalue weighted by Gasteiger charge is 2.31. The molecule has 0 aliphatic heterocycles. The van der Waals surface area contributed by atoms with Gasteiger partial charge in [0.15, 0.2) is 0 Å². The molecular formula is C14H24ClN3O. The normalized spacial score (nSPS) is 17.4. The topological polar surface area (TPSA) is 39.1 Å². The molecular weight excluding hydrogens is 262 g/mol.